The number of imidazole rings is 1. The Labute approximate surface area is 93.7 Å². The second-order valence-electron chi connectivity index (χ2n) is 4.53. The molecule has 1 aliphatic rings. The van der Waals surface area contributed by atoms with E-state index in [0.717, 1.165) is 23.5 Å². The van der Waals surface area contributed by atoms with Gasteiger partial charge in [0.1, 0.15) is 11.8 Å². The van der Waals surface area contributed by atoms with Crippen LogP contribution in [0.5, 0.6) is 0 Å². The van der Waals surface area contributed by atoms with Crippen molar-refractivity contribution in [3.63, 3.8) is 0 Å². The van der Waals surface area contributed by atoms with Crippen LogP contribution in [0.4, 0.5) is 5.82 Å². The lowest BCUT2D eigenvalue weighted by molar-refractivity contribution is 0.521. The molecule has 2 aromatic rings. The molecule has 84 valence electrons. The number of H-pyrrole nitrogens is 1. The average molecular weight is 217 g/mol. The van der Waals surface area contributed by atoms with Gasteiger partial charge in [0.2, 0.25) is 0 Å². The van der Waals surface area contributed by atoms with E-state index in [2.05, 4.69) is 32.2 Å². The average Bonchev–Trinajstić information content (AvgIpc) is 2.94. The Kier molecular flexibility index (Phi) is 2.05. The smallest absolute Gasteiger partial charge is 0.182 e. The number of hydrogen-bond donors (Lipinski definition) is 2. The van der Waals surface area contributed by atoms with Crippen molar-refractivity contribution in [2.45, 2.75) is 26.2 Å². The highest BCUT2D eigenvalue weighted by Crippen LogP contribution is 2.48. The van der Waals surface area contributed by atoms with Gasteiger partial charge in [-0.15, -0.1) is 0 Å². The Bertz CT molecular complexity index is 500. The van der Waals surface area contributed by atoms with Gasteiger partial charge < -0.3 is 10.3 Å². The van der Waals surface area contributed by atoms with Crippen molar-refractivity contribution >= 4 is 17.0 Å². The molecule has 16 heavy (non-hydrogen) atoms. The molecule has 0 aromatic carbocycles. The first-order valence-corrected chi connectivity index (χ1v) is 5.71. The Morgan fingerprint density at radius 2 is 2.25 bits per heavy atom. The Morgan fingerprint density at radius 1 is 1.38 bits per heavy atom. The number of fused-ring (bicyclic) bond motifs is 1. The van der Waals surface area contributed by atoms with Crippen LogP contribution in [0.1, 0.15) is 26.2 Å². The quantitative estimate of drug-likeness (QED) is 0.821. The Hall–Kier alpha value is -1.65. The van der Waals surface area contributed by atoms with Gasteiger partial charge in [-0.25, -0.2) is 15.0 Å². The number of rotatable bonds is 4. The number of anilines is 1. The molecule has 0 atom stereocenters. The van der Waals surface area contributed by atoms with Gasteiger partial charge in [-0.1, -0.05) is 6.92 Å². The molecule has 0 amide bonds. The minimum atomic E-state index is 0.511. The molecule has 0 saturated heterocycles. The molecule has 1 aliphatic carbocycles. The summed E-state index contributed by atoms with van der Waals surface area (Å²) in [6.07, 6.45) is 7.09. The summed E-state index contributed by atoms with van der Waals surface area (Å²) in [4.78, 5) is 15.5. The van der Waals surface area contributed by atoms with Gasteiger partial charge >= 0.3 is 0 Å². The molecular formula is C11H15N5. The fraction of sp³-hybridized carbons (Fsp3) is 0.545. The molecule has 0 aliphatic heterocycles. The molecule has 2 N–H and O–H groups in total. The lowest BCUT2D eigenvalue weighted by atomic mass is 10.0. The van der Waals surface area contributed by atoms with Crippen LogP contribution in [0, 0.1) is 5.41 Å². The molecule has 0 bridgehead atoms. The summed E-state index contributed by atoms with van der Waals surface area (Å²) in [6.45, 7) is 3.25. The molecule has 0 radical (unpaired) electrons. The predicted molar refractivity (Wildman–Crippen MR) is 62.1 cm³/mol. The number of aromatic amines is 1. The van der Waals surface area contributed by atoms with Gasteiger partial charge in [-0.05, 0) is 24.7 Å². The van der Waals surface area contributed by atoms with Crippen LogP contribution in [-0.2, 0) is 0 Å². The van der Waals surface area contributed by atoms with Gasteiger partial charge in [0.15, 0.2) is 11.5 Å². The predicted octanol–water partition coefficient (Wildman–Crippen LogP) is 1.95. The summed E-state index contributed by atoms with van der Waals surface area (Å²) in [7, 11) is 0. The van der Waals surface area contributed by atoms with Crippen LogP contribution in [-0.4, -0.2) is 26.5 Å². The standard InChI is InChI=1S/C11H15N5/c1-2-11(3-4-11)5-12-9-8-10(14-6-13-8)16-7-15-9/h6-7H,2-5H2,1H3,(H2,12,13,14,15,16). The van der Waals surface area contributed by atoms with Crippen molar-refractivity contribution in [1.29, 1.82) is 0 Å². The number of nitrogens with zero attached hydrogens (tertiary/aromatic N) is 3. The van der Waals surface area contributed by atoms with E-state index in [1.807, 2.05) is 0 Å². The van der Waals surface area contributed by atoms with Crippen molar-refractivity contribution in [3.05, 3.63) is 12.7 Å². The number of nitrogens with one attached hydrogen (secondary N) is 2. The molecule has 1 saturated carbocycles. The summed E-state index contributed by atoms with van der Waals surface area (Å²) in [5.41, 5.74) is 2.13. The minimum absolute atomic E-state index is 0.511. The van der Waals surface area contributed by atoms with Crippen molar-refractivity contribution in [1.82, 2.24) is 19.9 Å². The van der Waals surface area contributed by atoms with Gasteiger partial charge in [-0.2, -0.15) is 0 Å². The van der Waals surface area contributed by atoms with E-state index in [4.69, 9.17) is 0 Å². The van der Waals surface area contributed by atoms with E-state index >= 15 is 0 Å². The van der Waals surface area contributed by atoms with E-state index in [9.17, 15) is 0 Å². The molecule has 2 aromatic heterocycles. The first-order chi connectivity index (χ1) is 7.83. The van der Waals surface area contributed by atoms with E-state index in [1.54, 1.807) is 12.7 Å². The Morgan fingerprint density at radius 3 is 3.00 bits per heavy atom. The van der Waals surface area contributed by atoms with Crippen molar-refractivity contribution in [2.24, 2.45) is 5.41 Å². The number of hydrogen-bond acceptors (Lipinski definition) is 4. The molecule has 0 unspecified atom stereocenters. The fourth-order valence-corrected chi connectivity index (χ4v) is 2.00. The van der Waals surface area contributed by atoms with Crippen LogP contribution in [0.25, 0.3) is 11.2 Å². The molecule has 5 nitrogen and oxygen atoms in total. The third-order valence-corrected chi connectivity index (χ3v) is 3.56. The van der Waals surface area contributed by atoms with Gasteiger partial charge in [0, 0.05) is 6.54 Å². The van der Waals surface area contributed by atoms with Gasteiger partial charge in [0.25, 0.3) is 0 Å². The maximum absolute atomic E-state index is 4.25. The van der Waals surface area contributed by atoms with E-state index in [-0.39, 0.29) is 0 Å². The zero-order chi connectivity index (χ0) is 11.0. The molecule has 0 spiro atoms. The Balaban J connectivity index is 1.81. The van der Waals surface area contributed by atoms with Crippen molar-refractivity contribution in [3.8, 4) is 0 Å². The van der Waals surface area contributed by atoms with Crippen LogP contribution >= 0.6 is 0 Å². The monoisotopic (exact) mass is 217 g/mol. The van der Waals surface area contributed by atoms with E-state index in [0.29, 0.717) is 5.41 Å². The summed E-state index contributed by atoms with van der Waals surface area (Å²) in [5.74, 6) is 0.863. The zero-order valence-corrected chi connectivity index (χ0v) is 9.32. The molecular weight excluding hydrogens is 202 g/mol. The summed E-state index contributed by atoms with van der Waals surface area (Å²) in [6, 6.07) is 0. The lowest BCUT2D eigenvalue weighted by Gasteiger charge is -2.13. The van der Waals surface area contributed by atoms with Crippen LogP contribution in [0.3, 0.4) is 0 Å². The second-order valence-corrected chi connectivity index (χ2v) is 4.53. The molecule has 2 heterocycles. The zero-order valence-electron chi connectivity index (χ0n) is 9.32. The SMILES string of the molecule is CCC1(CNc2ncnc3nc[nH]c23)CC1. The minimum Gasteiger partial charge on any atom is -0.368 e. The van der Waals surface area contributed by atoms with Crippen LogP contribution in [0.15, 0.2) is 12.7 Å². The summed E-state index contributed by atoms with van der Waals surface area (Å²) >= 11 is 0. The third kappa shape index (κ3) is 1.52. The highest BCUT2D eigenvalue weighted by atomic mass is 15.1. The molecule has 1 fully saturated rings. The topological polar surface area (TPSA) is 66.5 Å². The third-order valence-electron chi connectivity index (χ3n) is 3.56. The highest BCUT2D eigenvalue weighted by molar-refractivity contribution is 5.81. The van der Waals surface area contributed by atoms with Crippen molar-refractivity contribution < 1.29 is 0 Å². The van der Waals surface area contributed by atoms with E-state index < -0.39 is 0 Å². The van der Waals surface area contributed by atoms with Gasteiger partial charge in [0.05, 0.1) is 6.33 Å². The number of aromatic nitrogens is 4. The molecule has 3 rings (SSSR count). The largest absolute Gasteiger partial charge is 0.368 e. The van der Waals surface area contributed by atoms with E-state index in [1.165, 1.54) is 19.3 Å². The fourth-order valence-electron chi connectivity index (χ4n) is 2.00. The van der Waals surface area contributed by atoms with Crippen LogP contribution in [0.2, 0.25) is 0 Å². The van der Waals surface area contributed by atoms with Gasteiger partial charge in [-0.3, -0.25) is 0 Å². The highest BCUT2D eigenvalue weighted by Gasteiger charge is 2.40. The summed E-state index contributed by atoms with van der Waals surface area (Å²) in [5, 5.41) is 3.41. The molecule has 5 heteroatoms. The first kappa shape index (κ1) is 9.57. The summed E-state index contributed by atoms with van der Waals surface area (Å²) < 4.78 is 0. The second kappa shape index (κ2) is 3.43. The normalized spacial score (nSPS) is 17.6. The first-order valence-electron chi connectivity index (χ1n) is 5.71. The lowest BCUT2D eigenvalue weighted by Crippen LogP contribution is -2.15. The maximum Gasteiger partial charge on any atom is 0.182 e. The van der Waals surface area contributed by atoms with Crippen molar-refractivity contribution in [2.75, 3.05) is 11.9 Å². The maximum atomic E-state index is 4.25. The van der Waals surface area contributed by atoms with Crippen LogP contribution < -0.4 is 5.32 Å².